The predicted octanol–water partition coefficient (Wildman–Crippen LogP) is 2.53. The summed E-state index contributed by atoms with van der Waals surface area (Å²) in [5, 5.41) is 3.90. The predicted molar refractivity (Wildman–Crippen MR) is 65.8 cm³/mol. The minimum atomic E-state index is -0.0456. The molecule has 0 aliphatic heterocycles. The molecule has 0 radical (unpaired) electrons. The van der Waals surface area contributed by atoms with E-state index in [1.165, 1.54) is 11.1 Å². The summed E-state index contributed by atoms with van der Waals surface area (Å²) in [5.74, 6) is -0.0456. The Morgan fingerprint density at radius 3 is 2.75 bits per heavy atom. The Labute approximate surface area is 94.9 Å². The molecular formula is C13H16N2O. The second kappa shape index (κ2) is 4.00. The summed E-state index contributed by atoms with van der Waals surface area (Å²) < 4.78 is 0. The highest BCUT2D eigenvalue weighted by atomic mass is 16.1. The molecule has 0 saturated carbocycles. The van der Waals surface area contributed by atoms with Crippen molar-refractivity contribution in [2.75, 3.05) is 6.54 Å². The van der Waals surface area contributed by atoms with E-state index in [4.69, 9.17) is 0 Å². The highest BCUT2D eigenvalue weighted by Gasteiger charge is 2.09. The fraction of sp³-hybridized carbons (Fsp3) is 0.308. The van der Waals surface area contributed by atoms with Crippen LogP contribution in [0.25, 0.3) is 10.9 Å². The summed E-state index contributed by atoms with van der Waals surface area (Å²) in [6.07, 6.45) is 0. The Hall–Kier alpha value is -1.77. The molecule has 2 rings (SSSR count). The van der Waals surface area contributed by atoms with Crippen LogP contribution < -0.4 is 5.32 Å². The number of aryl methyl sites for hydroxylation is 2. The van der Waals surface area contributed by atoms with Crippen LogP contribution in [0.15, 0.2) is 18.2 Å². The van der Waals surface area contributed by atoms with E-state index in [-0.39, 0.29) is 5.91 Å². The number of hydrogen-bond donors (Lipinski definition) is 2. The zero-order valence-corrected chi connectivity index (χ0v) is 9.85. The van der Waals surface area contributed by atoms with Gasteiger partial charge in [-0.05, 0) is 44.0 Å². The van der Waals surface area contributed by atoms with Crippen LogP contribution in [0.4, 0.5) is 0 Å². The molecule has 3 heteroatoms. The third-order valence-electron chi connectivity index (χ3n) is 2.67. The minimum Gasteiger partial charge on any atom is -0.351 e. The van der Waals surface area contributed by atoms with E-state index in [9.17, 15) is 4.79 Å². The number of carbonyl (C=O) groups excluding carboxylic acids is 1. The Bertz CT molecular complexity index is 540. The summed E-state index contributed by atoms with van der Waals surface area (Å²) in [5.41, 5.74) is 4.06. The maximum absolute atomic E-state index is 11.7. The second-order valence-corrected chi connectivity index (χ2v) is 4.09. The fourth-order valence-corrected chi connectivity index (χ4v) is 1.98. The lowest BCUT2D eigenvalue weighted by Gasteiger charge is -1.97. The standard InChI is InChI=1S/C13H16N2O/c1-4-14-13(16)12-7-10-9(3)5-8(2)6-11(10)15-12/h5-7,15H,4H2,1-3H3,(H,14,16). The maximum Gasteiger partial charge on any atom is 0.267 e. The molecule has 1 heterocycles. The van der Waals surface area contributed by atoms with E-state index < -0.39 is 0 Å². The molecule has 1 amide bonds. The molecule has 0 bridgehead atoms. The molecule has 3 nitrogen and oxygen atoms in total. The molecule has 0 fully saturated rings. The molecule has 0 aliphatic rings. The lowest BCUT2D eigenvalue weighted by Crippen LogP contribution is -2.22. The number of amides is 1. The van der Waals surface area contributed by atoms with Gasteiger partial charge < -0.3 is 10.3 Å². The van der Waals surface area contributed by atoms with Gasteiger partial charge in [-0.25, -0.2) is 0 Å². The Morgan fingerprint density at radius 2 is 2.06 bits per heavy atom. The fourth-order valence-electron chi connectivity index (χ4n) is 1.98. The average Bonchev–Trinajstić information content (AvgIpc) is 2.62. The molecule has 0 aliphatic carbocycles. The molecule has 0 saturated heterocycles. The van der Waals surface area contributed by atoms with Crippen LogP contribution in [0.2, 0.25) is 0 Å². The summed E-state index contributed by atoms with van der Waals surface area (Å²) in [6.45, 7) is 6.67. The third-order valence-corrected chi connectivity index (χ3v) is 2.67. The molecule has 2 aromatic rings. The molecule has 0 spiro atoms. The van der Waals surface area contributed by atoms with Crippen LogP contribution in [0.1, 0.15) is 28.5 Å². The number of hydrogen-bond acceptors (Lipinski definition) is 1. The zero-order valence-electron chi connectivity index (χ0n) is 9.85. The second-order valence-electron chi connectivity index (χ2n) is 4.09. The first-order valence-electron chi connectivity index (χ1n) is 5.50. The van der Waals surface area contributed by atoms with Gasteiger partial charge in [0.25, 0.3) is 5.91 Å². The van der Waals surface area contributed by atoms with Crippen molar-refractivity contribution < 1.29 is 4.79 Å². The van der Waals surface area contributed by atoms with Gasteiger partial charge in [0.1, 0.15) is 5.69 Å². The Balaban J connectivity index is 2.51. The van der Waals surface area contributed by atoms with E-state index in [1.54, 1.807) is 0 Å². The number of nitrogens with one attached hydrogen (secondary N) is 2. The molecule has 0 atom stereocenters. The summed E-state index contributed by atoms with van der Waals surface area (Å²) >= 11 is 0. The van der Waals surface area contributed by atoms with Crippen LogP contribution in [-0.4, -0.2) is 17.4 Å². The molecule has 1 aromatic heterocycles. The monoisotopic (exact) mass is 216 g/mol. The van der Waals surface area contributed by atoms with Gasteiger partial charge in [-0.3, -0.25) is 4.79 Å². The summed E-state index contributed by atoms with van der Waals surface area (Å²) in [7, 11) is 0. The lowest BCUT2D eigenvalue weighted by atomic mass is 10.1. The maximum atomic E-state index is 11.7. The SMILES string of the molecule is CCNC(=O)c1cc2c(C)cc(C)cc2[nH]1. The lowest BCUT2D eigenvalue weighted by molar-refractivity contribution is 0.0951. The van der Waals surface area contributed by atoms with Crippen molar-refractivity contribution in [3.63, 3.8) is 0 Å². The topological polar surface area (TPSA) is 44.9 Å². The van der Waals surface area contributed by atoms with Crippen LogP contribution in [0.5, 0.6) is 0 Å². The van der Waals surface area contributed by atoms with E-state index in [0.717, 1.165) is 10.9 Å². The Kier molecular flexibility index (Phi) is 2.69. The summed E-state index contributed by atoms with van der Waals surface area (Å²) in [6, 6.07) is 6.10. The number of carbonyl (C=O) groups is 1. The van der Waals surface area contributed by atoms with Crippen molar-refractivity contribution in [1.29, 1.82) is 0 Å². The zero-order chi connectivity index (χ0) is 11.7. The first-order chi connectivity index (χ1) is 7.61. The summed E-state index contributed by atoms with van der Waals surface area (Å²) in [4.78, 5) is 14.8. The van der Waals surface area contributed by atoms with E-state index >= 15 is 0 Å². The molecule has 84 valence electrons. The average molecular weight is 216 g/mol. The van der Waals surface area contributed by atoms with Gasteiger partial charge >= 0.3 is 0 Å². The first kappa shape index (κ1) is 10.7. The number of rotatable bonds is 2. The Morgan fingerprint density at radius 1 is 1.31 bits per heavy atom. The highest BCUT2D eigenvalue weighted by Crippen LogP contribution is 2.21. The number of H-pyrrole nitrogens is 1. The smallest absolute Gasteiger partial charge is 0.267 e. The van der Waals surface area contributed by atoms with Gasteiger partial charge in [0.15, 0.2) is 0 Å². The molecule has 0 unspecified atom stereocenters. The van der Waals surface area contributed by atoms with Crippen molar-refractivity contribution >= 4 is 16.8 Å². The van der Waals surface area contributed by atoms with Crippen LogP contribution in [-0.2, 0) is 0 Å². The molecule has 16 heavy (non-hydrogen) atoms. The minimum absolute atomic E-state index is 0.0456. The number of benzene rings is 1. The largest absolute Gasteiger partial charge is 0.351 e. The normalized spacial score (nSPS) is 10.7. The van der Waals surface area contributed by atoms with Gasteiger partial charge in [-0.2, -0.15) is 0 Å². The van der Waals surface area contributed by atoms with Crippen LogP contribution >= 0.6 is 0 Å². The van der Waals surface area contributed by atoms with E-state index in [2.05, 4.69) is 36.3 Å². The van der Waals surface area contributed by atoms with Crippen molar-refractivity contribution in [1.82, 2.24) is 10.3 Å². The molecule has 2 N–H and O–H groups in total. The first-order valence-corrected chi connectivity index (χ1v) is 5.50. The quantitative estimate of drug-likeness (QED) is 0.796. The van der Waals surface area contributed by atoms with Crippen molar-refractivity contribution in [3.05, 3.63) is 35.0 Å². The van der Waals surface area contributed by atoms with Gasteiger partial charge in [0.05, 0.1) is 0 Å². The highest BCUT2D eigenvalue weighted by molar-refractivity contribution is 5.98. The van der Waals surface area contributed by atoms with Crippen molar-refractivity contribution in [2.24, 2.45) is 0 Å². The molecule has 1 aromatic carbocycles. The van der Waals surface area contributed by atoms with Crippen LogP contribution in [0.3, 0.4) is 0 Å². The van der Waals surface area contributed by atoms with E-state index in [0.29, 0.717) is 12.2 Å². The van der Waals surface area contributed by atoms with Gasteiger partial charge in [-0.15, -0.1) is 0 Å². The van der Waals surface area contributed by atoms with Crippen molar-refractivity contribution in [2.45, 2.75) is 20.8 Å². The van der Waals surface area contributed by atoms with Crippen molar-refractivity contribution in [3.8, 4) is 0 Å². The van der Waals surface area contributed by atoms with Gasteiger partial charge in [0, 0.05) is 17.4 Å². The molecular weight excluding hydrogens is 200 g/mol. The van der Waals surface area contributed by atoms with Gasteiger partial charge in [-0.1, -0.05) is 6.07 Å². The van der Waals surface area contributed by atoms with Crippen LogP contribution in [0, 0.1) is 13.8 Å². The number of aromatic amines is 1. The number of aromatic nitrogens is 1. The third kappa shape index (κ3) is 1.81. The number of fused-ring (bicyclic) bond motifs is 1. The van der Waals surface area contributed by atoms with E-state index in [1.807, 2.05) is 13.0 Å². The van der Waals surface area contributed by atoms with Gasteiger partial charge in [0.2, 0.25) is 0 Å².